The quantitative estimate of drug-likeness (QED) is 0.851. The van der Waals surface area contributed by atoms with E-state index in [0.717, 1.165) is 6.07 Å². The zero-order valence-corrected chi connectivity index (χ0v) is 11.7. The molecule has 0 aromatic heterocycles. The molecule has 0 unspecified atom stereocenters. The third kappa shape index (κ3) is 4.19. The molecule has 1 amide bonds. The maximum Gasteiger partial charge on any atom is 0.417 e. The Labute approximate surface area is 120 Å². The summed E-state index contributed by atoms with van der Waals surface area (Å²) in [6.07, 6.45) is -4.28. The molecule has 0 aliphatic rings. The first-order chi connectivity index (χ1) is 9.27. The molecule has 0 fully saturated rings. The molecule has 0 bridgehead atoms. The largest absolute Gasteiger partial charge is 0.417 e. The van der Waals surface area contributed by atoms with E-state index < -0.39 is 17.6 Å². The van der Waals surface area contributed by atoms with Crippen LogP contribution in [0.2, 0.25) is 0 Å². The van der Waals surface area contributed by atoms with E-state index in [4.69, 9.17) is 18.0 Å². The van der Waals surface area contributed by atoms with Gasteiger partial charge in [0.25, 0.3) is 5.91 Å². The van der Waals surface area contributed by atoms with E-state index in [9.17, 15) is 18.0 Å². The first-order valence-corrected chi connectivity index (χ1v) is 6.42. The number of amides is 1. The van der Waals surface area contributed by atoms with Gasteiger partial charge >= 0.3 is 6.18 Å². The molecular weight excluding hydrogens is 289 g/mol. The summed E-state index contributed by atoms with van der Waals surface area (Å²) in [6.45, 7) is 2.18. The molecule has 7 heteroatoms. The second kappa shape index (κ2) is 6.69. The van der Waals surface area contributed by atoms with Gasteiger partial charge in [-0.3, -0.25) is 4.79 Å². The van der Waals surface area contributed by atoms with E-state index in [1.54, 1.807) is 6.92 Å². The SMILES string of the molecule is CCN(CCC(N)=S)C(=O)c1ccccc1C(F)(F)F. The Hall–Kier alpha value is -1.63. The van der Waals surface area contributed by atoms with Gasteiger partial charge in [0.2, 0.25) is 0 Å². The number of hydrogen-bond donors (Lipinski definition) is 1. The lowest BCUT2D eigenvalue weighted by Gasteiger charge is -2.22. The molecule has 0 aliphatic heterocycles. The zero-order chi connectivity index (χ0) is 15.3. The number of carbonyl (C=O) groups excluding carboxylic acids is 1. The van der Waals surface area contributed by atoms with Crippen LogP contribution in [0.15, 0.2) is 24.3 Å². The molecule has 0 heterocycles. The summed E-state index contributed by atoms with van der Waals surface area (Å²) < 4.78 is 38.6. The van der Waals surface area contributed by atoms with Gasteiger partial charge in [-0.15, -0.1) is 0 Å². The Kier molecular flexibility index (Phi) is 5.50. The minimum Gasteiger partial charge on any atom is -0.393 e. The van der Waals surface area contributed by atoms with Gasteiger partial charge in [0.15, 0.2) is 0 Å². The van der Waals surface area contributed by atoms with Gasteiger partial charge in [0.05, 0.1) is 16.1 Å². The molecule has 0 saturated heterocycles. The Morgan fingerprint density at radius 2 is 1.95 bits per heavy atom. The first-order valence-electron chi connectivity index (χ1n) is 6.01. The molecule has 3 nitrogen and oxygen atoms in total. The number of hydrogen-bond acceptors (Lipinski definition) is 2. The molecule has 110 valence electrons. The topological polar surface area (TPSA) is 46.3 Å². The molecule has 20 heavy (non-hydrogen) atoms. The molecule has 1 aromatic carbocycles. The van der Waals surface area contributed by atoms with Crippen molar-refractivity contribution in [3.05, 3.63) is 35.4 Å². The predicted molar refractivity (Wildman–Crippen MR) is 74.4 cm³/mol. The van der Waals surface area contributed by atoms with E-state index in [1.165, 1.54) is 23.1 Å². The average molecular weight is 304 g/mol. The second-order valence-corrected chi connectivity index (χ2v) is 4.67. The maximum absolute atomic E-state index is 12.9. The highest BCUT2D eigenvalue weighted by molar-refractivity contribution is 7.80. The first kappa shape index (κ1) is 16.4. The van der Waals surface area contributed by atoms with Crippen molar-refractivity contribution in [2.24, 2.45) is 5.73 Å². The second-order valence-electron chi connectivity index (χ2n) is 4.14. The summed E-state index contributed by atoms with van der Waals surface area (Å²) in [5.74, 6) is -0.670. The smallest absolute Gasteiger partial charge is 0.393 e. The number of alkyl halides is 3. The van der Waals surface area contributed by atoms with Gasteiger partial charge in [-0.25, -0.2) is 0 Å². The minimum atomic E-state index is -4.56. The van der Waals surface area contributed by atoms with Crippen LogP contribution in [0.5, 0.6) is 0 Å². The number of rotatable bonds is 5. The highest BCUT2D eigenvalue weighted by atomic mass is 32.1. The average Bonchev–Trinajstić information content (AvgIpc) is 2.38. The summed E-state index contributed by atoms with van der Waals surface area (Å²) in [6, 6.07) is 4.73. The van der Waals surface area contributed by atoms with Crippen molar-refractivity contribution in [2.45, 2.75) is 19.5 Å². The van der Waals surface area contributed by atoms with Crippen molar-refractivity contribution >= 4 is 23.1 Å². The van der Waals surface area contributed by atoms with Gasteiger partial charge in [0.1, 0.15) is 0 Å². The molecule has 1 aromatic rings. The van der Waals surface area contributed by atoms with Crippen molar-refractivity contribution in [1.29, 1.82) is 0 Å². The minimum absolute atomic E-state index is 0.205. The van der Waals surface area contributed by atoms with Crippen LogP contribution in [0.4, 0.5) is 13.2 Å². The van der Waals surface area contributed by atoms with E-state index >= 15 is 0 Å². The van der Waals surface area contributed by atoms with Crippen molar-refractivity contribution < 1.29 is 18.0 Å². The molecular formula is C13H15F3N2OS. The summed E-state index contributed by atoms with van der Waals surface area (Å²) in [5, 5.41) is 0. The number of nitrogens with zero attached hydrogens (tertiary/aromatic N) is 1. The molecule has 0 atom stereocenters. The normalized spacial score (nSPS) is 11.2. The molecule has 0 radical (unpaired) electrons. The van der Waals surface area contributed by atoms with Gasteiger partial charge in [-0.1, -0.05) is 24.4 Å². The van der Waals surface area contributed by atoms with E-state index in [-0.39, 0.29) is 30.1 Å². The van der Waals surface area contributed by atoms with Crippen LogP contribution < -0.4 is 5.73 Å². The lowest BCUT2D eigenvalue weighted by molar-refractivity contribution is -0.138. The van der Waals surface area contributed by atoms with Crippen LogP contribution in [0.25, 0.3) is 0 Å². The van der Waals surface area contributed by atoms with Crippen LogP contribution in [0.3, 0.4) is 0 Å². The number of halogens is 3. The summed E-state index contributed by atoms with van der Waals surface area (Å²) in [4.78, 5) is 13.7. The number of benzene rings is 1. The highest BCUT2D eigenvalue weighted by Crippen LogP contribution is 2.32. The number of carbonyl (C=O) groups is 1. The Bertz CT molecular complexity index is 503. The Morgan fingerprint density at radius 3 is 2.45 bits per heavy atom. The highest BCUT2D eigenvalue weighted by Gasteiger charge is 2.35. The van der Waals surface area contributed by atoms with Crippen LogP contribution in [0.1, 0.15) is 29.3 Å². The third-order valence-electron chi connectivity index (χ3n) is 2.76. The van der Waals surface area contributed by atoms with Gasteiger partial charge in [-0.05, 0) is 19.1 Å². The van der Waals surface area contributed by atoms with Crippen molar-refractivity contribution in [3.63, 3.8) is 0 Å². The fourth-order valence-electron chi connectivity index (χ4n) is 1.74. The van der Waals surface area contributed by atoms with Crippen molar-refractivity contribution in [1.82, 2.24) is 4.90 Å². The molecule has 2 N–H and O–H groups in total. The fourth-order valence-corrected chi connectivity index (χ4v) is 1.83. The fraction of sp³-hybridized carbons (Fsp3) is 0.385. The monoisotopic (exact) mass is 304 g/mol. The predicted octanol–water partition coefficient (Wildman–Crippen LogP) is 2.84. The lowest BCUT2D eigenvalue weighted by atomic mass is 10.1. The summed E-state index contributed by atoms with van der Waals surface area (Å²) >= 11 is 4.71. The van der Waals surface area contributed by atoms with Crippen LogP contribution in [-0.2, 0) is 6.18 Å². The van der Waals surface area contributed by atoms with Gasteiger partial charge in [-0.2, -0.15) is 13.2 Å². The Morgan fingerprint density at radius 1 is 1.35 bits per heavy atom. The van der Waals surface area contributed by atoms with Gasteiger partial charge in [0, 0.05) is 19.5 Å². The molecule has 0 saturated carbocycles. The van der Waals surface area contributed by atoms with Crippen LogP contribution in [-0.4, -0.2) is 28.9 Å². The van der Waals surface area contributed by atoms with Crippen molar-refractivity contribution in [3.8, 4) is 0 Å². The van der Waals surface area contributed by atoms with Crippen molar-refractivity contribution in [2.75, 3.05) is 13.1 Å². The van der Waals surface area contributed by atoms with Gasteiger partial charge < -0.3 is 10.6 Å². The third-order valence-corrected chi connectivity index (χ3v) is 2.96. The summed E-state index contributed by atoms with van der Waals surface area (Å²) in [7, 11) is 0. The Balaban J connectivity index is 3.04. The molecule has 0 spiro atoms. The zero-order valence-electron chi connectivity index (χ0n) is 10.9. The van der Waals surface area contributed by atoms with E-state index in [0.29, 0.717) is 0 Å². The number of nitrogens with two attached hydrogens (primary N) is 1. The standard InChI is InChI=1S/C13H15F3N2OS/c1-2-18(8-7-11(17)20)12(19)9-5-3-4-6-10(9)13(14,15)16/h3-6H,2,7-8H2,1H3,(H2,17,20). The number of thiocarbonyl (C=S) groups is 1. The molecule has 0 aliphatic carbocycles. The van der Waals surface area contributed by atoms with Crippen LogP contribution >= 0.6 is 12.2 Å². The summed E-state index contributed by atoms with van der Waals surface area (Å²) in [5.41, 5.74) is 4.06. The maximum atomic E-state index is 12.9. The van der Waals surface area contributed by atoms with E-state index in [1.807, 2.05) is 0 Å². The van der Waals surface area contributed by atoms with Crippen LogP contribution in [0, 0.1) is 0 Å². The van der Waals surface area contributed by atoms with E-state index in [2.05, 4.69) is 0 Å². The molecule has 1 rings (SSSR count). The lowest BCUT2D eigenvalue weighted by Crippen LogP contribution is -2.34.